The highest BCUT2D eigenvalue weighted by Crippen LogP contribution is 2.25. The van der Waals surface area contributed by atoms with Gasteiger partial charge in [-0.1, -0.05) is 0 Å². The third-order valence-corrected chi connectivity index (χ3v) is 2.45. The molecule has 0 aliphatic heterocycles. The normalized spacial score (nSPS) is 11.9. The molecule has 0 saturated carbocycles. The minimum atomic E-state index is 0.00831. The van der Waals surface area contributed by atoms with E-state index < -0.39 is 0 Å². The van der Waals surface area contributed by atoms with Crippen molar-refractivity contribution in [1.82, 2.24) is 0 Å². The van der Waals surface area contributed by atoms with Crippen molar-refractivity contribution < 1.29 is 4.42 Å². The molecule has 0 amide bonds. The van der Waals surface area contributed by atoms with E-state index in [1.165, 1.54) is 0 Å². The van der Waals surface area contributed by atoms with Gasteiger partial charge in [0.2, 0.25) is 0 Å². The van der Waals surface area contributed by atoms with Crippen LogP contribution in [0.3, 0.4) is 0 Å². The van der Waals surface area contributed by atoms with Gasteiger partial charge in [0.05, 0.1) is 6.26 Å². The van der Waals surface area contributed by atoms with Gasteiger partial charge < -0.3 is 10.2 Å². The number of hydrogen-bond acceptors (Lipinski definition) is 2. The first-order valence-electron chi connectivity index (χ1n) is 4.13. The summed E-state index contributed by atoms with van der Waals surface area (Å²) in [6, 6.07) is 1.89. The van der Waals surface area contributed by atoms with Crippen LogP contribution < -0.4 is 5.73 Å². The lowest BCUT2D eigenvalue weighted by molar-refractivity contribution is 0.528. The van der Waals surface area contributed by atoms with Crippen LogP contribution in [-0.4, -0.2) is 0 Å². The molecule has 1 unspecified atom stereocenters. The molecule has 2 nitrogen and oxygen atoms in total. The molecule has 0 aliphatic carbocycles. The second kappa shape index (κ2) is 5.11. The topological polar surface area (TPSA) is 39.2 Å². The molecule has 70 valence electrons. The van der Waals surface area contributed by atoms with Crippen LogP contribution in [0, 0.1) is 11.8 Å². The van der Waals surface area contributed by atoms with Crippen molar-refractivity contribution in [2.45, 2.75) is 25.8 Å². The number of furan rings is 1. The standard InChI is InChI=1S/C10H12BrNO/c1-2-3-4-5-9(12)8-6-7-13-10(8)11/h6-7,9H,4-5,12H2,1H3. The molecule has 0 saturated heterocycles. The molecule has 1 aromatic heterocycles. The molecular weight excluding hydrogens is 230 g/mol. The van der Waals surface area contributed by atoms with Crippen molar-refractivity contribution >= 4 is 15.9 Å². The second-order valence-corrected chi connectivity index (χ2v) is 3.44. The van der Waals surface area contributed by atoms with Crippen LogP contribution in [0.25, 0.3) is 0 Å². The zero-order chi connectivity index (χ0) is 9.68. The third kappa shape index (κ3) is 2.91. The Balaban J connectivity index is 2.52. The first-order valence-corrected chi connectivity index (χ1v) is 4.93. The van der Waals surface area contributed by atoms with Crippen LogP contribution >= 0.6 is 15.9 Å². The summed E-state index contributed by atoms with van der Waals surface area (Å²) in [6.45, 7) is 1.83. The van der Waals surface area contributed by atoms with Gasteiger partial charge in [0.15, 0.2) is 4.67 Å². The molecule has 0 fully saturated rings. The summed E-state index contributed by atoms with van der Waals surface area (Å²) in [7, 11) is 0. The third-order valence-electron chi connectivity index (χ3n) is 1.80. The SMILES string of the molecule is CC#CCCC(N)c1ccoc1Br. The Morgan fingerprint density at radius 1 is 1.69 bits per heavy atom. The molecule has 0 radical (unpaired) electrons. The first kappa shape index (κ1) is 10.4. The van der Waals surface area contributed by atoms with Crippen molar-refractivity contribution in [1.29, 1.82) is 0 Å². The summed E-state index contributed by atoms with van der Waals surface area (Å²) in [5, 5.41) is 0. The minimum absolute atomic E-state index is 0.00831. The molecule has 0 bridgehead atoms. The van der Waals surface area contributed by atoms with Crippen molar-refractivity contribution in [3.63, 3.8) is 0 Å². The van der Waals surface area contributed by atoms with Crippen LogP contribution in [0.5, 0.6) is 0 Å². The average Bonchev–Trinajstić information content (AvgIpc) is 2.52. The highest BCUT2D eigenvalue weighted by molar-refractivity contribution is 9.10. The van der Waals surface area contributed by atoms with Crippen LogP contribution in [-0.2, 0) is 0 Å². The highest BCUT2D eigenvalue weighted by atomic mass is 79.9. The van der Waals surface area contributed by atoms with E-state index >= 15 is 0 Å². The van der Waals surface area contributed by atoms with Gasteiger partial charge in [-0.3, -0.25) is 0 Å². The Bertz CT molecular complexity index is 321. The minimum Gasteiger partial charge on any atom is -0.457 e. The molecule has 2 N–H and O–H groups in total. The van der Waals surface area contributed by atoms with Crippen LogP contribution in [0.2, 0.25) is 0 Å². The maximum absolute atomic E-state index is 5.92. The van der Waals surface area contributed by atoms with Gasteiger partial charge in [0, 0.05) is 18.0 Å². The van der Waals surface area contributed by atoms with Crippen LogP contribution in [0.4, 0.5) is 0 Å². The predicted octanol–water partition coefficient (Wildman–Crippen LogP) is 2.85. The molecule has 1 aromatic rings. The first-order chi connectivity index (χ1) is 6.25. The van der Waals surface area contributed by atoms with E-state index in [1.54, 1.807) is 6.26 Å². The predicted molar refractivity (Wildman–Crippen MR) is 56.0 cm³/mol. The monoisotopic (exact) mass is 241 g/mol. The average molecular weight is 242 g/mol. The summed E-state index contributed by atoms with van der Waals surface area (Å²) in [5.41, 5.74) is 6.94. The van der Waals surface area contributed by atoms with Crippen molar-refractivity contribution in [2.75, 3.05) is 0 Å². The van der Waals surface area contributed by atoms with Crippen molar-refractivity contribution in [3.8, 4) is 11.8 Å². The van der Waals surface area contributed by atoms with Crippen LogP contribution in [0.15, 0.2) is 21.4 Å². The van der Waals surface area contributed by atoms with Crippen LogP contribution in [0.1, 0.15) is 31.4 Å². The summed E-state index contributed by atoms with van der Waals surface area (Å²) in [5.74, 6) is 5.83. The molecule has 0 aromatic carbocycles. The number of nitrogens with two attached hydrogens (primary N) is 1. The molecule has 0 spiro atoms. The molecule has 1 atom stereocenters. The van der Waals surface area contributed by atoms with Gasteiger partial charge in [-0.15, -0.1) is 11.8 Å². The summed E-state index contributed by atoms with van der Waals surface area (Å²) in [4.78, 5) is 0. The maximum atomic E-state index is 5.92. The zero-order valence-electron chi connectivity index (χ0n) is 7.51. The van der Waals surface area contributed by atoms with E-state index in [0.29, 0.717) is 0 Å². The van der Waals surface area contributed by atoms with E-state index in [-0.39, 0.29) is 6.04 Å². The Kier molecular flexibility index (Phi) is 4.07. The van der Waals surface area contributed by atoms with Gasteiger partial charge in [-0.25, -0.2) is 0 Å². The van der Waals surface area contributed by atoms with E-state index in [0.717, 1.165) is 23.1 Å². The number of rotatable bonds is 3. The fourth-order valence-electron chi connectivity index (χ4n) is 1.08. The van der Waals surface area contributed by atoms with Crippen molar-refractivity contribution in [2.24, 2.45) is 5.73 Å². The van der Waals surface area contributed by atoms with E-state index in [2.05, 4.69) is 27.8 Å². The highest BCUT2D eigenvalue weighted by Gasteiger charge is 2.10. The lowest BCUT2D eigenvalue weighted by atomic mass is 10.1. The van der Waals surface area contributed by atoms with Gasteiger partial charge in [0.25, 0.3) is 0 Å². The van der Waals surface area contributed by atoms with Gasteiger partial charge in [-0.2, -0.15) is 0 Å². The van der Waals surface area contributed by atoms with E-state index in [4.69, 9.17) is 10.2 Å². The largest absolute Gasteiger partial charge is 0.457 e. The Hall–Kier alpha value is -0.720. The van der Waals surface area contributed by atoms with Gasteiger partial charge in [0.1, 0.15) is 0 Å². The fourth-order valence-corrected chi connectivity index (χ4v) is 1.61. The lowest BCUT2D eigenvalue weighted by Gasteiger charge is -2.06. The quantitative estimate of drug-likeness (QED) is 0.827. The Labute approximate surface area is 86.6 Å². The fraction of sp³-hybridized carbons (Fsp3) is 0.400. The smallest absolute Gasteiger partial charge is 0.173 e. The zero-order valence-corrected chi connectivity index (χ0v) is 9.10. The summed E-state index contributed by atoms with van der Waals surface area (Å²) in [6.07, 6.45) is 3.32. The molecule has 1 rings (SSSR count). The van der Waals surface area contributed by atoms with Crippen molar-refractivity contribution in [3.05, 3.63) is 22.6 Å². The molecule has 0 aliphatic rings. The number of halogens is 1. The van der Waals surface area contributed by atoms with Gasteiger partial charge in [-0.05, 0) is 35.3 Å². The Morgan fingerprint density at radius 3 is 3.00 bits per heavy atom. The molecule has 13 heavy (non-hydrogen) atoms. The maximum Gasteiger partial charge on any atom is 0.173 e. The molecular formula is C10H12BrNO. The lowest BCUT2D eigenvalue weighted by Crippen LogP contribution is -2.09. The number of hydrogen-bond donors (Lipinski definition) is 1. The summed E-state index contributed by atoms with van der Waals surface area (Å²) >= 11 is 3.29. The Morgan fingerprint density at radius 2 is 2.46 bits per heavy atom. The second-order valence-electron chi connectivity index (χ2n) is 2.72. The molecule has 3 heteroatoms. The summed E-state index contributed by atoms with van der Waals surface area (Å²) < 4.78 is 5.82. The molecule has 1 heterocycles. The van der Waals surface area contributed by atoms with E-state index in [9.17, 15) is 0 Å². The van der Waals surface area contributed by atoms with Gasteiger partial charge >= 0.3 is 0 Å². The van der Waals surface area contributed by atoms with E-state index in [1.807, 2.05) is 13.0 Å².